The summed E-state index contributed by atoms with van der Waals surface area (Å²) >= 11 is 0. The van der Waals surface area contributed by atoms with Gasteiger partial charge in [0.2, 0.25) is 0 Å². The molecule has 0 amide bonds. The first-order chi connectivity index (χ1) is 29.5. The summed E-state index contributed by atoms with van der Waals surface area (Å²) in [5.41, 5.74) is 8.33. The zero-order valence-corrected chi connectivity index (χ0v) is 38.0. The maximum absolute atomic E-state index is 6.28. The van der Waals surface area contributed by atoms with Crippen molar-refractivity contribution in [3.8, 4) is 34.5 Å². The first-order valence-corrected chi connectivity index (χ1v) is 23.7. The highest BCUT2D eigenvalue weighted by molar-refractivity contribution is 5.51. The van der Waals surface area contributed by atoms with Gasteiger partial charge < -0.3 is 44.4 Å². The van der Waals surface area contributed by atoms with Gasteiger partial charge in [-0.05, 0) is 166 Å². The average Bonchev–Trinajstić information content (AvgIpc) is 3.27. The van der Waals surface area contributed by atoms with Gasteiger partial charge in [0.25, 0.3) is 0 Å². The Balaban J connectivity index is 1.15. The molecule has 0 fully saturated rings. The molecule has 3 unspecified atom stereocenters. The van der Waals surface area contributed by atoms with Crippen LogP contribution in [0.15, 0.2) is 36.4 Å². The van der Waals surface area contributed by atoms with Crippen molar-refractivity contribution in [2.75, 3.05) is 60.8 Å². The summed E-state index contributed by atoms with van der Waals surface area (Å²) in [7, 11) is 5.27. The van der Waals surface area contributed by atoms with Crippen molar-refractivity contribution in [1.82, 2.24) is 16.0 Å². The van der Waals surface area contributed by atoms with E-state index in [4.69, 9.17) is 28.4 Å². The molecular formula is C51H77N3O6. The lowest BCUT2D eigenvalue weighted by molar-refractivity contribution is 0.285. The van der Waals surface area contributed by atoms with Crippen LogP contribution in [-0.4, -0.2) is 60.8 Å². The fourth-order valence-corrected chi connectivity index (χ4v) is 9.54. The molecule has 3 atom stereocenters. The summed E-state index contributed by atoms with van der Waals surface area (Å²) in [4.78, 5) is 0. The van der Waals surface area contributed by atoms with Gasteiger partial charge in [0.05, 0.1) is 41.2 Å². The molecule has 3 aromatic carbocycles. The molecule has 9 nitrogen and oxygen atoms in total. The Morgan fingerprint density at radius 1 is 0.450 bits per heavy atom. The summed E-state index contributed by atoms with van der Waals surface area (Å²) in [6, 6.07) is 14.5. The Kier molecular flexibility index (Phi) is 18.4. The molecule has 3 heterocycles. The van der Waals surface area contributed by atoms with Crippen LogP contribution in [0.25, 0.3) is 0 Å². The van der Waals surface area contributed by atoms with Crippen LogP contribution in [0.3, 0.4) is 0 Å². The van der Waals surface area contributed by atoms with E-state index in [2.05, 4.69) is 73.1 Å². The van der Waals surface area contributed by atoms with Crippen molar-refractivity contribution in [3.63, 3.8) is 0 Å². The molecule has 3 N–H and O–H groups in total. The van der Waals surface area contributed by atoms with Gasteiger partial charge in [0.1, 0.15) is 0 Å². The van der Waals surface area contributed by atoms with Crippen LogP contribution in [0.2, 0.25) is 0 Å². The molecule has 3 aliphatic heterocycles. The standard InChI is InChI=1S/C51H77N3O6/c1-7-10-27-58-49-33-40-37(30-46(49)55-4)21-24-52-43(40)16-14-13-15-36(17-19-44-41-34-50(59-28-11-8-2)47(56-5)31-38(41)22-25-53-44)18-20-45-42-35-51(60-29-12-9-3)48(57-6)32-39(42)23-26-54-45/h30-36,43-45,52-54H,7-29H2,1-6H3. The topological polar surface area (TPSA) is 91.5 Å². The van der Waals surface area contributed by atoms with Crippen molar-refractivity contribution in [3.05, 3.63) is 69.8 Å². The highest BCUT2D eigenvalue weighted by Gasteiger charge is 2.28. The number of fused-ring (bicyclic) bond motifs is 3. The minimum Gasteiger partial charge on any atom is -0.493 e. The van der Waals surface area contributed by atoms with Crippen molar-refractivity contribution in [2.24, 2.45) is 5.92 Å². The van der Waals surface area contributed by atoms with Crippen LogP contribution < -0.4 is 44.4 Å². The largest absolute Gasteiger partial charge is 0.493 e. The second-order valence-corrected chi connectivity index (χ2v) is 17.3. The van der Waals surface area contributed by atoms with E-state index in [1.165, 1.54) is 65.5 Å². The normalized spacial score (nSPS) is 18.8. The van der Waals surface area contributed by atoms with E-state index < -0.39 is 0 Å². The molecule has 0 bridgehead atoms. The van der Waals surface area contributed by atoms with Crippen LogP contribution in [-0.2, 0) is 19.3 Å². The maximum Gasteiger partial charge on any atom is 0.161 e. The van der Waals surface area contributed by atoms with Crippen LogP contribution in [0.1, 0.15) is 162 Å². The van der Waals surface area contributed by atoms with Gasteiger partial charge in [-0.25, -0.2) is 0 Å². The van der Waals surface area contributed by atoms with Crippen LogP contribution in [0.4, 0.5) is 0 Å². The van der Waals surface area contributed by atoms with Crippen molar-refractivity contribution in [1.29, 1.82) is 0 Å². The summed E-state index contributed by atoms with van der Waals surface area (Å²) in [5, 5.41) is 11.7. The second-order valence-electron chi connectivity index (χ2n) is 17.3. The summed E-state index contributed by atoms with van der Waals surface area (Å²) in [5.74, 6) is 5.83. The third-order valence-corrected chi connectivity index (χ3v) is 13.1. The molecule has 3 aliphatic rings. The molecule has 332 valence electrons. The minimum atomic E-state index is 0.313. The van der Waals surface area contributed by atoms with Crippen LogP contribution >= 0.6 is 0 Å². The maximum atomic E-state index is 6.28. The number of unbranched alkanes of at least 4 members (excludes halogenated alkanes) is 4. The number of rotatable bonds is 26. The second kappa shape index (κ2) is 24.1. The van der Waals surface area contributed by atoms with Crippen LogP contribution in [0, 0.1) is 5.92 Å². The van der Waals surface area contributed by atoms with E-state index >= 15 is 0 Å². The molecule has 0 radical (unpaired) electrons. The first kappa shape index (κ1) is 45.9. The molecule has 60 heavy (non-hydrogen) atoms. The monoisotopic (exact) mass is 828 g/mol. The van der Waals surface area contributed by atoms with Crippen LogP contribution in [0.5, 0.6) is 34.5 Å². The lowest BCUT2D eigenvalue weighted by Crippen LogP contribution is -2.31. The third-order valence-electron chi connectivity index (χ3n) is 13.1. The molecule has 0 aliphatic carbocycles. The van der Waals surface area contributed by atoms with E-state index in [1.54, 1.807) is 21.3 Å². The number of benzene rings is 3. The molecular weight excluding hydrogens is 751 g/mol. The quantitative estimate of drug-likeness (QED) is 0.0684. The Morgan fingerprint density at radius 2 is 0.817 bits per heavy atom. The SMILES string of the molecule is CCCCOc1cc2c(cc1OC)CCNC2CCCCC(CCC1NCCc2cc(OC)c(OCCCC)cc21)CCC1NCCc2cc(OC)c(OCCCC)cc21. The zero-order valence-electron chi connectivity index (χ0n) is 38.0. The van der Waals surface area contributed by atoms with Crippen molar-refractivity contribution >= 4 is 0 Å². The molecule has 9 heteroatoms. The van der Waals surface area contributed by atoms with Gasteiger partial charge >= 0.3 is 0 Å². The Hall–Kier alpha value is -3.66. The van der Waals surface area contributed by atoms with Gasteiger partial charge in [0, 0.05) is 18.1 Å². The molecule has 0 spiro atoms. The molecule has 0 saturated carbocycles. The van der Waals surface area contributed by atoms with Gasteiger partial charge in [0.15, 0.2) is 34.5 Å². The van der Waals surface area contributed by atoms with Gasteiger partial charge in [-0.1, -0.05) is 59.3 Å². The van der Waals surface area contributed by atoms with Crippen molar-refractivity contribution < 1.29 is 28.4 Å². The molecule has 0 aromatic heterocycles. The summed E-state index contributed by atoms with van der Waals surface area (Å²) < 4.78 is 36.2. The predicted octanol–water partition coefficient (Wildman–Crippen LogP) is 10.9. The average molecular weight is 828 g/mol. The number of hydrogen-bond acceptors (Lipinski definition) is 9. The number of nitrogens with one attached hydrogen (secondary N) is 3. The number of methoxy groups -OCH3 is 3. The zero-order chi connectivity index (χ0) is 42.1. The van der Waals surface area contributed by atoms with E-state index in [1.807, 2.05) is 0 Å². The van der Waals surface area contributed by atoms with Gasteiger partial charge in [-0.2, -0.15) is 0 Å². The highest BCUT2D eigenvalue weighted by Crippen LogP contribution is 2.41. The lowest BCUT2D eigenvalue weighted by atomic mass is 9.83. The molecule has 6 rings (SSSR count). The van der Waals surface area contributed by atoms with E-state index in [0.29, 0.717) is 37.3 Å². The Bertz CT molecular complexity index is 1680. The van der Waals surface area contributed by atoms with Gasteiger partial charge in [-0.15, -0.1) is 0 Å². The minimum absolute atomic E-state index is 0.313. The Morgan fingerprint density at radius 3 is 1.17 bits per heavy atom. The number of hydrogen-bond donors (Lipinski definition) is 3. The Labute approximate surface area is 362 Å². The smallest absolute Gasteiger partial charge is 0.161 e. The predicted molar refractivity (Wildman–Crippen MR) is 244 cm³/mol. The molecule has 3 aromatic rings. The van der Waals surface area contributed by atoms with E-state index in [-0.39, 0.29) is 0 Å². The fraction of sp³-hybridized carbons (Fsp3) is 0.647. The van der Waals surface area contributed by atoms with Crippen molar-refractivity contribution in [2.45, 2.75) is 148 Å². The lowest BCUT2D eigenvalue weighted by Gasteiger charge is -2.31. The summed E-state index contributed by atoms with van der Waals surface area (Å²) in [6.07, 6.45) is 18.9. The number of ether oxygens (including phenoxy) is 6. The van der Waals surface area contributed by atoms with E-state index in [9.17, 15) is 0 Å². The highest BCUT2D eigenvalue weighted by atomic mass is 16.5. The van der Waals surface area contributed by atoms with Gasteiger partial charge in [-0.3, -0.25) is 0 Å². The third kappa shape index (κ3) is 12.3. The summed E-state index contributed by atoms with van der Waals surface area (Å²) in [6.45, 7) is 11.7. The van der Waals surface area contributed by atoms with E-state index in [0.717, 1.165) is 138 Å². The molecule has 0 saturated heterocycles. The fourth-order valence-electron chi connectivity index (χ4n) is 9.54. The first-order valence-electron chi connectivity index (χ1n) is 23.7.